The topological polar surface area (TPSA) is 87.5 Å². The summed E-state index contributed by atoms with van der Waals surface area (Å²) in [7, 11) is 0. The third kappa shape index (κ3) is 5.06. The van der Waals surface area contributed by atoms with Crippen LogP contribution >= 0.6 is 0 Å². The van der Waals surface area contributed by atoms with Gasteiger partial charge in [0, 0.05) is 49.9 Å². The second kappa shape index (κ2) is 10.3. The van der Waals surface area contributed by atoms with Gasteiger partial charge in [0.15, 0.2) is 0 Å². The number of amides is 3. The summed E-state index contributed by atoms with van der Waals surface area (Å²) in [5.41, 5.74) is 3.48. The van der Waals surface area contributed by atoms with E-state index in [4.69, 9.17) is 0 Å². The smallest absolute Gasteiger partial charge is 0.255 e. The van der Waals surface area contributed by atoms with Crippen LogP contribution in [0.4, 0.5) is 5.69 Å². The highest BCUT2D eigenvalue weighted by Gasteiger charge is 2.26. The number of aryl methyl sites for hydroxylation is 1. The molecule has 4 rings (SSSR count). The molecule has 1 unspecified atom stereocenters. The summed E-state index contributed by atoms with van der Waals surface area (Å²) in [6.07, 6.45) is 1.90. The van der Waals surface area contributed by atoms with Crippen molar-refractivity contribution in [2.24, 2.45) is 0 Å². The van der Waals surface area contributed by atoms with Gasteiger partial charge in [-0.3, -0.25) is 14.4 Å². The Hall–Kier alpha value is -3.68. The highest BCUT2D eigenvalue weighted by Crippen LogP contribution is 2.29. The molecule has 8 heteroatoms. The summed E-state index contributed by atoms with van der Waals surface area (Å²) < 4.78 is 2.16. The molecule has 2 aromatic carbocycles. The molecular weight excluding hydrogens is 442 g/mol. The van der Waals surface area contributed by atoms with E-state index in [2.05, 4.69) is 14.9 Å². The first-order valence-corrected chi connectivity index (χ1v) is 12.3. The van der Waals surface area contributed by atoms with Crippen LogP contribution in [0.15, 0.2) is 42.5 Å². The zero-order chi connectivity index (χ0) is 25.1. The van der Waals surface area contributed by atoms with Crippen LogP contribution in [0.25, 0.3) is 11.0 Å². The molecular formula is C27H33N5O3. The Morgan fingerprint density at radius 3 is 2.40 bits per heavy atom. The van der Waals surface area contributed by atoms with Gasteiger partial charge in [0.2, 0.25) is 5.91 Å². The lowest BCUT2D eigenvalue weighted by Gasteiger charge is -2.33. The Bertz CT molecular complexity index is 1240. The Morgan fingerprint density at radius 2 is 1.74 bits per heavy atom. The first-order chi connectivity index (χ1) is 16.8. The standard InChI is InChI=1S/C27H33N5O3/c1-5-30(6-2)27(35)20-9-12-22(13-10-20)29-26(34)21-11-14-24-25(16-21)32(18(3)28-24)23-8-7-15-31(17-23)19(4)33/h9-14,16,23H,5-8,15,17H2,1-4H3,(H,29,34). The summed E-state index contributed by atoms with van der Waals surface area (Å²) in [5, 5.41) is 2.93. The molecule has 0 bridgehead atoms. The molecule has 184 valence electrons. The van der Waals surface area contributed by atoms with Gasteiger partial charge in [0.25, 0.3) is 11.8 Å². The van der Waals surface area contributed by atoms with Crippen LogP contribution in [0, 0.1) is 6.92 Å². The van der Waals surface area contributed by atoms with Gasteiger partial charge in [-0.15, -0.1) is 0 Å². The summed E-state index contributed by atoms with van der Waals surface area (Å²) in [4.78, 5) is 45.8. The lowest BCUT2D eigenvalue weighted by Crippen LogP contribution is -2.39. The highest BCUT2D eigenvalue weighted by molar-refractivity contribution is 6.06. The summed E-state index contributed by atoms with van der Waals surface area (Å²) in [5.74, 6) is 0.713. The Morgan fingerprint density at radius 1 is 1.06 bits per heavy atom. The van der Waals surface area contributed by atoms with Crippen molar-refractivity contribution in [3.63, 3.8) is 0 Å². The van der Waals surface area contributed by atoms with Gasteiger partial charge in [-0.1, -0.05) is 0 Å². The number of rotatable bonds is 6. The monoisotopic (exact) mass is 475 g/mol. The van der Waals surface area contributed by atoms with Crippen molar-refractivity contribution in [1.29, 1.82) is 0 Å². The average molecular weight is 476 g/mol. The second-order valence-electron chi connectivity index (χ2n) is 9.00. The van der Waals surface area contributed by atoms with E-state index in [1.54, 1.807) is 42.2 Å². The molecule has 1 fully saturated rings. The lowest BCUT2D eigenvalue weighted by molar-refractivity contribution is -0.130. The number of likely N-dealkylation sites (tertiary alicyclic amines) is 1. The van der Waals surface area contributed by atoms with Gasteiger partial charge < -0.3 is 19.7 Å². The molecule has 3 aromatic rings. The van der Waals surface area contributed by atoms with Gasteiger partial charge in [-0.2, -0.15) is 0 Å². The summed E-state index contributed by atoms with van der Waals surface area (Å²) in [6, 6.07) is 12.6. The molecule has 0 saturated carbocycles. The zero-order valence-electron chi connectivity index (χ0n) is 20.9. The number of hydrogen-bond donors (Lipinski definition) is 1. The first kappa shape index (κ1) is 24.4. The van der Waals surface area contributed by atoms with Gasteiger partial charge in [-0.25, -0.2) is 4.98 Å². The van der Waals surface area contributed by atoms with E-state index >= 15 is 0 Å². The van der Waals surface area contributed by atoms with Crippen LogP contribution < -0.4 is 5.32 Å². The van der Waals surface area contributed by atoms with Crippen LogP contribution in [0.5, 0.6) is 0 Å². The minimum atomic E-state index is -0.228. The number of hydrogen-bond acceptors (Lipinski definition) is 4. The molecule has 0 aliphatic carbocycles. The Balaban J connectivity index is 1.54. The van der Waals surface area contributed by atoms with Crippen molar-refractivity contribution in [2.75, 3.05) is 31.5 Å². The van der Waals surface area contributed by atoms with Crippen LogP contribution in [-0.4, -0.2) is 63.3 Å². The van der Waals surface area contributed by atoms with E-state index in [0.29, 0.717) is 36.4 Å². The number of aromatic nitrogens is 2. The molecule has 1 atom stereocenters. The van der Waals surface area contributed by atoms with Gasteiger partial charge >= 0.3 is 0 Å². The van der Waals surface area contributed by atoms with Crippen molar-refractivity contribution in [3.8, 4) is 0 Å². The molecule has 8 nitrogen and oxygen atoms in total. The van der Waals surface area contributed by atoms with Gasteiger partial charge in [0.1, 0.15) is 5.82 Å². The number of carbonyl (C=O) groups is 3. The maximum Gasteiger partial charge on any atom is 0.255 e. The van der Waals surface area contributed by atoms with Crippen LogP contribution in [0.2, 0.25) is 0 Å². The van der Waals surface area contributed by atoms with Gasteiger partial charge in [-0.05, 0) is 76.1 Å². The minimum absolute atomic E-state index is 0.0204. The van der Waals surface area contributed by atoms with E-state index in [9.17, 15) is 14.4 Å². The molecule has 2 heterocycles. The molecule has 1 saturated heterocycles. The fraction of sp³-hybridized carbons (Fsp3) is 0.407. The van der Waals surface area contributed by atoms with Crippen LogP contribution in [0.1, 0.15) is 66.2 Å². The van der Waals surface area contributed by atoms with Crippen molar-refractivity contribution in [3.05, 3.63) is 59.4 Å². The minimum Gasteiger partial charge on any atom is -0.341 e. The summed E-state index contributed by atoms with van der Waals surface area (Å²) >= 11 is 0. The third-order valence-electron chi connectivity index (χ3n) is 6.78. The van der Waals surface area contributed by atoms with Crippen LogP contribution in [0.3, 0.4) is 0 Å². The van der Waals surface area contributed by atoms with E-state index in [0.717, 1.165) is 36.2 Å². The lowest BCUT2D eigenvalue weighted by atomic mass is 10.0. The second-order valence-corrected chi connectivity index (χ2v) is 9.00. The predicted octanol–water partition coefficient (Wildman–Crippen LogP) is 4.26. The molecule has 1 aromatic heterocycles. The van der Waals surface area contributed by atoms with Gasteiger partial charge in [0.05, 0.1) is 17.1 Å². The number of nitrogens with one attached hydrogen (secondary N) is 1. The largest absolute Gasteiger partial charge is 0.341 e. The Labute approximate surface area is 205 Å². The van der Waals surface area contributed by atoms with Crippen molar-refractivity contribution in [2.45, 2.75) is 46.6 Å². The normalized spacial score (nSPS) is 15.8. The number of nitrogens with zero attached hydrogens (tertiary/aromatic N) is 4. The van der Waals surface area contributed by atoms with Crippen molar-refractivity contribution >= 4 is 34.4 Å². The van der Waals surface area contributed by atoms with Crippen molar-refractivity contribution in [1.82, 2.24) is 19.4 Å². The van der Waals surface area contributed by atoms with E-state index < -0.39 is 0 Å². The van der Waals surface area contributed by atoms with Crippen LogP contribution in [-0.2, 0) is 4.79 Å². The molecule has 0 radical (unpaired) electrons. The molecule has 1 N–H and O–H groups in total. The fourth-order valence-electron chi connectivity index (χ4n) is 4.86. The molecule has 35 heavy (non-hydrogen) atoms. The third-order valence-corrected chi connectivity index (χ3v) is 6.78. The summed E-state index contributed by atoms with van der Waals surface area (Å²) in [6.45, 7) is 10.2. The fourth-order valence-corrected chi connectivity index (χ4v) is 4.86. The number of fused-ring (bicyclic) bond motifs is 1. The average Bonchev–Trinajstić information content (AvgIpc) is 3.20. The maximum absolute atomic E-state index is 13.0. The first-order valence-electron chi connectivity index (χ1n) is 12.3. The molecule has 1 aliphatic rings. The zero-order valence-corrected chi connectivity index (χ0v) is 20.9. The molecule has 0 spiro atoms. The number of imidazole rings is 1. The number of piperidine rings is 1. The number of anilines is 1. The van der Waals surface area contributed by atoms with E-state index in [1.807, 2.05) is 37.8 Å². The SMILES string of the molecule is CCN(CC)C(=O)c1ccc(NC(=O)c2ccc3nc(C)n(C4CCCN(C(C)=O)C4)c3c2)cc1. The number of carbonyl (C=O) groups excluding carboxylic acids is 3. The van der Waals surface area contributed by atoms with E-state index in [1.165, 1.54) is 0 Å². The molecule has 3 amide bonds. The Kier molecular flexibility index (Phi) is 7.19. The predicted molar refractivity (Wildman–Crippen MR) is 137 cm³/mol. The van der Waals surface area contributed by atoms with Crippen molar-refractivity contribution < 1.29 is 14.4 Å². The van der Waals surface area contributed by atoms with E-state index in [-0.39, 0.29) is 23.8 Å². The highest BCUT2D eigenvalue weighted by atomic mass is 16.2. The molecule has 1 aliphatic heterocycles. The quantitative estimate of drug-likeness (QED) is 0.577. The maximum atomic E-state index is 13.0. The number of benzene rings is 2.